The molecule has 0 aliphatic carbocycles. The van der Waals surface area contributed by atoms with Crippen LogP contribution < -0.4 is 5.32 Å². The van der Waals surface area contributed by atoms with Crippen LogP contribution in [-0.4, -0.2) is 36.8 Å². The smallest absolute Gasteiger partial charge is 0.251 e. The van der Waals surface area contributed by atoms with Gasteiger partial charge in [-0.05, 0) is 30.3 Å². The van der Waals surface area contributed by atoms with Crippen molar-refractivity contribution in [1.29, 1.82) is 0 Å². The lowest BCUT2D eigenvalue weighted by molar-refractivity contribution is 0.0948. The quantitative estimate of drug-likeness (QED) is 0.339. The molecule has 1 amide bonds. The minimum atomic E-state index is -0.222. The van der Waals surface area contributed by atoms with Crippen LogP contribution in [0.2, 0.25) is 5.02 Å². The van der Waals surface area contributed by atoms with Crippen molar-refractivity contribution in [3.8, 4) is 0 Å². The summed E-state index contributed by atoms with van der Waals surface area (Å²) in [5.74, 6) is 0.654. The zero-order chi connectivity index (χ0) is 22.0. The number of rotatable bonds is 7. The fourth-order valence-corrected chi connectivity index (χ4v) is 4.20. The fourth-order valence-electron chi connectivity index (χ4n) is 3.26. The monoisotopic (exact) mass is 453 g/mol. The van der Waals surface area contributed by atoms with E-state index in [0.717, 1.165) is 10.9 Å². The van der Waals surface area contributed by atoms with Gasteiger partial charge in [0.25, 0.3) is 5.91 Å². The van der Waals surface area contributed by atoms with Crippen LogP contribution >= 0.6 is 23.4 Å². The van der Waals surface area contributed by atoms with Crippen molar-refractivity contribution in [1.82, 2.24) is 24.6 Å². The SMILES string of the molecule is Cn1c(CNC(=O)c2ccc(Cl)cc2)nnc1SCC(=O)c1cn(C)c2ccccc12. The minimum absolute atomic E-state index is 0.0300. The lowest BCUT2D eigenvalue weighted by atomic mass is 10.1. The number of nitrogens with one attached hydrogen (secondary N) is 1. The van der Waals surface area contributed by atoms with E-state index >= 15 is 0 Å². The van der Waals surface area contributed by atoms with Gasteiger partial charge in [-0.15, -0.1) is 10.2 Å². The molecular weight excluding hydrogens is 434 g/mol. The number of amides is 1. The van der Waals surface area contributed by atoms with E-state index in [0.29, 0.717) is 27.1 Å². The molecule has 2 aromatic carbocycles. The van der Waals surface area contributed by atoms with Gasteiger partial charge in [-0.25, -0.2) is 0 Å². The highest BCUT2D eigenvalue weighted by molar-refractivity contribution is 7.99. The van der Waals surface area contributed by atoms with Gasteiger partial charge in [-0.1, -0.05) is 41.6 Å². The standard InChI is InChI=1S/C22H20ClN5O2S/c1-27-12-17(16-5-3-4-6-18(16)27)19(29)13-31-22-26-25-20(28(22)2)11-24-21(30)14-7-9-15(23)10-8-14/h3-10,12H,11,13H2,1-2H3,(H,24,30). The molecule has 158 valence electrons. The molecular formula is C22H20ClN5O2S. The van der Waals surface area contributed by atoms with Gasteiger partial charge in [0.05, 0.1) is 12.3 Å². The molecule has 31 heavy (non-hydrogen) atoms. The van der Waals surface area contributed by atoms with E-state index < -0.39 is 0 Å². The highest BCUT2D eigenvalue weighted by Gasteiger charge is 2.17. The molecule has 2 heterocycles. The van der Waals surface area contributed by atoms with Crippen molar-refractivity contribution in [2.24, 2.45) is 14.1 Å². The number of aryl methyl sites for hydroxylation is 1. The molecule has 0 aliphatic rings. The Kier molecular flexibility index (Phi) is 6.11. The molecule has 0 atom stereocenters. The number of fused-ring (bicyclic) bond motifs is 1. The van der Waals surface area contributed by atoms with Gasteiger partial charge in [-0.2, -0.15) is 0 Å². The summed E-state index contributed by atoms with van der Waals surface area (Å²) in [6, 6.07) is 14.5. The zero-order valence-corrected chi connectivity index (χ0v) is 18.6. The number of para-hydroxylation sites is 1. The number of benzene rings is 2. The van der Waals surface area contributed by atoms with Gasteiger partial charge < -0.3 is 14.5 Å². The first-order chi connectivity index (χ1) is 14.9. The Bertz CT molecular complexity index is 1260. The molecule has 0 saturated heterocycles. The van der Waals surface area contributed by atoms with Gasteiger partial charge in [0.2, 0.25) is 0 Å². The summed E-state index contributed by atoms with van der Waals surface area (Å²) in [5, 5.41) is 13.3. The molecule has 0 radical (unpaired) electrons. The highest BCUT2D eigenvalue weighted by atomic mass is 35.5. The number of carbonyl (C=O) groups is 2. The maximum absolute atomic E-state index is 12.8. The van der Waals surface area contributed by atoms with Crippen LogP contribution in [0.25, 0.3) is 10.9 Å². The van der Waals surface area contributed by atoms with Crippen LogP contribution in [0.1, 0.15) is 26.5 Å². The molecule has 0 aliphatic heterocycles. The molecule has 0 spiro atoms. The van der Waals surface area contributed by atoms with E-state index in [9.17, 15) is 9.59 Å². The van der Waals surface area contributed by atoms with Gasteiger partial charge in [0, 0.05) is 47.3 Å². The molecule has 4 rings (SSSR count). The lowest BCUT2D eigenvalue weighted by Crippen LogP contribution is -2.24. The van der Waals surface area contributed by atoms with E-state index in [4.69, 9.17) is 11.6 Å². The van der Waals surface area contributed by atoms with E-state index in [1.807, 2.05) is 49.1 Å². The van der Waals surface area contributed by atoms with Gasteiger partial charge in [0.15, 0.2) is 16.8 Å². The van der Waals surface area contributed by atoms with Crippen molar-refractivity contribution in [3.63, 3.8) is 0 Å². The summed E-state index contributed by atoms with van der Waals surface area (Å²) in [5.41, 5.74) is 2.23. The maximum Gasteiger partial charge on any atom is 0.251 e. The third-order valence-corrected chi connectivity index (χ3v) is 6.24. The van der Waals surface area contributed by atoms with E-state index in [2.05, 4.69) is 15.5 Å². The maximum atomic E-state index is 12.8. The Labute approximate surface area is 188 Å². The minimum Gasteiger partial charge on any atom is -0.350 e. The van der Waals surface area contributed by atoms with Gasteiger partial charge in [0.1, 0.15) is 0 Å². The van der Waals surface area contributed by atoms with Crippen LogP contribution in [0, 0.1) is 0 Å². The summed E-state index contributed by atoms with van der Waals surface area (Å²) in [4.78, 5) is 25.1. The molecule has 9 heteroatoms. The average Bonchev–Trinajstić information content (AvgIpc) is 3.30. The summed E-state index contributed by atoms with van der Waals surface area (Å²) < 4.78 is 3.74. The van der Waals surface area contributed by atoms with Gasteiger partial charge >= 0.3 is 0 Å². The first-order valence-electron chi connectivity index (χ1n) is 9.56. The van der Waals surface area contributed by atoms with Crippen molar-refractivity contribution >= 4 is 46.0 Å². The number of hydrogen-bond donors (Lipinski definition) is 1. The largest absolute Gasteiger partial charge is 0.350 e. The Balaban J connectivity index is 1.38. The molecule has 7 nitrogen and oxygen atoms in total. The van der Waals surface area contributed by atoms with Crippen LogP contribution in [0.3, 0.4) is 0 Å². The second-order valence-electron chi connectivity index (χ2n) is 7.03. The Morgan fingerprint density at radius 2 is 1.81 bits per heavy atom. The molecule has 2 aromatic heterocycles. The van der Waals surface area contributed by atoms with Gasteiger partial charge in [-0.3, -0.25) is 9.59 Å². The van der Waals surface area contributed by atoms with Crippen LogP contribution in [0.5, 0.6) is 0 Å². The van der Waals surface area contributed by atoms with Crippen LogP contribution in [0.15, 0.2) is 59.9 Å². The summed E-state index contributed by atoms with van der Waals surface area (Å²) >= 11 is 7.18. The summed E-state index contributed by atoms with van der Waals surface area (Å²) in [6.45, 7) is 0.225. The topological polar surface area (TPSA) is 81.8 Å². The lowest BCUT2D eigenvalue weighted by Gasteiger charge is -2.06. The van der Waals surface area contributed by atoms with E-state index in [1.54, 1.807) is 28.8 Å². The Morgan fingerprint density at radius 1 is 1.06 bits per heavy atom. The number of halogens is 1. The third kappa shape index (κ3) is 4.50. The first-order valence-corrected chi connectivity index (χ1v) is 10.9. The Hall–Kier alpha value is -3.10. The van der Waals surface area contributed by atoms with Crippen molar-refractivity contribution < 1.29 is 9.59 Å². The molecule has 4 aromatic rings. The molecule has 0 bridgehead atoms. The number of thioether (sulfide) groups is 1. The zero-order valence-electron chi connectivity index (χ0n) is 17.0. The summed E-state index contributed by atoms with van der Waals surface area (Å²) in [7, 11) is 3.74. The third-order valence-electron chi connectivity index (χ3n) is 4.97. The van der Waals surface area contributed by atoms with Crippen molar-refractivity contribution in [2.45, 2.75) is 11.7 Å². The number of Topliss-reactive ketones (excluding diaryl/α,β-unsaturated/α-hetero) is 1. The number of hydrogen-bond acceptors (Lipinski definition) is 5. The Morgan fingerprint density at radius 3 is 2.58 bits per heavy atom. The normalized spacial score (nSPS) is 11.1. The highest BCUT2D eigenvalue weighted by Crippen LogP contribution is 2.24. The first kappa shape index (κ1) is 21.1. The van der Waals surface area contributed by atoms with E-state index in [-0.39, 0.29) is 24.0 Å². The molecule has 1 N–H and O–H groups in total. The van der Waals surface area contributed by atoms with Crippen molar-refractivity contribution in [3.05, 3.63) is 76.7 Å². The van der Waals surface area contributed by atoms with Crippen LogP contribution in [0.4, 0.5) is 0 Å². The van der Waals surface area contributed by atoms with Crippen molar-refractivity contribution in [2.75, 3.05) is 5.75 Å². The number of aromatic nitrogens is 4. The molecule has 0 fully saturated rings. The molecule has 0 saturated carbocycles. The summed E-state index contributed by atoms with van der Waals surface area (Å²) in [6.07, 6.45) is 1.86. The second-order valence-corrected chi connectivity index (χ2v) is 8.41. The number of ketones is 1. The molecule has 0 unspecified atom stereocenters. The number of nitrogens with zero attached hydrogens (tertiary/aromatic N) is 4. The number of carbonyl (C=O) groups excluding carboxylic acids is 2. The van der Waals surface area contributed by atoms with E-state index in [1.165, 1.54) is 11.8 Å². The fraction of sp³-hybridized carbons (Fsp3) is 0.182. The van der Waals surface area contributed by atoms with Crippen LogP contribution in [-0.2, 0) is 20.6 Å². The second kappa shape index (κ2) is 8.95. The average molecular weight is 454 g/mol. The predicted molar refractivity (Wildman–Crippen MR) is 122 cm³/mol. The predicted octanol–water partition coefficient (Wildman–Crippen LogP) is 3.87.